The van der Waals surface area contributed by atoms with Gasteiger partial charge in [-0.25, -0.2) is 9.07 Å². The zero-order valence-corrected chi connectivity index (χ0v) is 15.5. The predicted molar refractivity (Wildman–Crippen MR) is 98.3 cm³/mol. The average Bonchev–Trinajstić information content (AvgIpc) is 3.21. The van der Waals surface area contributed by atoms with Gasteiger partial charge in [-0.1, -0.05) is 35.9 Å². The Balaban J connectivity index is 1.74. The third-order valence-electron chi connectivity index (χ3n) is 4.76. The number of carbonyl (C=O) groups excluding carboxylic acids is 1. The van der Waals surface area contributed by atoms with Gasteiger partial charge in [0.2, 0.25) is 0 Å². The van der Waals surface area contributed by atoms with Crippen molar-refractivity contribution in [2.75, 3.05) is 6.54 Å². The highest BCUT2D eigenvalue weighted by molar-refractivity contribution is 6.33. The molecule has 1 amide bonds. The fraction of sp³-hybridized carbons (Fsp3) is 0.316. The van der Waals surface area contributed by atoms with Crippen LogP contribution in [0.3, 0.4) is 0 Å². The molecule has 6 nitrogen and oxygen atoms in total. The smallest absolute Gasteiger partial charge is 0.312 e. The number of hydrogen-bond acceptors (Lipinski definition) is 3. The Morgan fingerprint density at radius 1 is 1.30 bits per heavy atom. The molecule has 2 N–H and O–H groups in total. The fourth-order valence-corrected chi connectivity index (χ4v) is 3.43. The Morgan fingerprint density at radius 2 is 1.93 bits per heavy atom. The first-order valence-corrected chi connectivity index (χ1v) is 8.84. The van der Waals surface area contributed by atoms with Gasteiger partial charge in [0, 0.05) is 6.54 Å². The number of rotatable bonds is 6. The third kappa shape index (κ3) is 3.88. The zero-order valence-electron chi connectivity index (χ0n) is 14.7. The van der Waals surface area contributed by atoms with E-state index in [-0.39, 0.29) is 29.6 Å². The molecule has 0 saturated carbocycles. The summed E-state index contributed by atoms with van der Waals surface area (Å²) in [5.74, 6) is -1.74. The number of allylic oxidation sites excluding steroid dienone is 2. The molecule has 1 aromatic heterocycles. The molecule has 142 valence electrons. The van der Waals surface area contributed by atoms with E-state index in [1.165, 1.54) is 16.8 Å². The fourth-order valence-electron chi connectivity index (χ4n) is 3.11. The highest BCUT2D eigenvalue weighted by atomic mass is 35.5. The van der Waals surface area contributed by atoms with Crippen LogP contribution in [0.2, 0.25) is 5.15 Å². The van der Waals surface area contributed by atoms with E-state index in [1.54, 1.807) is 31.2 Å². The van der Waals surface area contributed by atoms with Crippen LogP contribution in [-0.2, 0) is 11.3 Å². The van der Waals surface area contributed by atoms with Crippen LogP contribution < -0.4 is 5.32 Å². The zero-order chi connectivity index (χ0) is 19.6. The number of hydrogen-bond donors (Lipinski definition) is 2. The normalized spacial score (nSPS) is 15.1. The van der Waals surface area contributed by atoms with E-state index in [2.05, 4.69) is 10.4 Å². The third-order valence-corrected chi connectivity index (χ3v) is 5.15. The van der Waals surface area contributed by atoms with Crippen molar-refractivity contribution < 1.29 is 19.1 Å². The van der Waals surface area contributed by atoms with Crippen LogP contribution in [-0.4, -0.2) is 33.3 Å². The maximum atomic E-state index is 13.0. The van der Waals surface area contributed by atoms with Crippen LogP contribution in [0.4, 0.5) is 4.39 Å². The molecule has 2 aromatic rings. The average molecular weight is 392 g/mol. The largest absolute Gasteiger partial charge is 0.481 e. The standard InChI is InChI=1S/C19H19ClFN3O3/c1-12-15(17(25)22-11-19(18(26)27)8-2-3-9-19)16(20)24(23-12)10-13-4-6-14(21)7-5-13/h2-7H,8-11H2,1H3,(H,22,25)(H,26,27). The van der Waals surface area contributed by atoms with Crippen LogP contribution >= 0.6 is 11.6 Å². The molecular formula is C19H19ClFN3O3. The molecule has 0 atom stereocenters. The lowest BCUT2D eigenvalue weighted by Crippen LogP contribution is -2.41. The summed E-state index contributed by atoms with van der Waals surface area (Å²) in [4.78, 5) is 24.2. The van der Waals surface area contributed by atoms with E-state index in [4.69, 9.17) is 11.6 Å². The first-order chi connectivity index (χ1) is 12.8. The molecule has 8 heteroatoms. The van der Waals surface area contributed by atoms with Gasteiger partial charge in [0.05, 0.1) is 23.2 Å². The lowest BCUT2D eigenvalue weighted by atomic mass is 9.85. The van der Waals surface area contributed by atoms with Gasteiger partial charge >= 0.3 is 5.97 Å². The number of benzene rings is 1. The second-order valence-corrected chi connectivity index (χ2v) is 7.04. The highest BCUT2D eigenvalue weighted by Gasteiger charge is 2.39. The van der Waals surface area contributed by atoms with Gasteiger partial charge in [-0.05, 0) is 37.5 Å². The molecule has 0 spiro atoms. The second-order valence-electron chi connectivity index (χ2n) is 6.68. The van der Waals surface area contributed by atoms with Crippen molar-refractivity contribution in [1.82, 2.24) is 15.1 Å². The van der Waals surface area contributed by atoms with Crippen molar-refractivity contribution in [1.29, 1.82) is 0 Å². The van der Waals surface area contributed by atoms with E-state index in [9.17, 15) is 19.1 Å². The van der Waals surface area contributed by atoms with Crippen molar-refractivity contribution in [3.8, 4) is 0 Å². The van der Waals surface area contributed by atoms with Crippen LogP contribution in [0.15, 0.2) is 36.4 Å². The number of aryl methyl sites for hydroxylation is 1. The van der Waals surface area contributed by atoms with E-state index < -0.39 is 17.3 Å². The molecular weight excluding hydrogens is 373 g/mol. The number of nitrogens with one attached hydrogen (secondary N) is 1. The van der Waals surface area contributed by atoms with Gasteiger partial charge < -0.3 is 10.4 Å². The number of carbonyl (C=O) groups is 2. The molecule has 0 bridgehead atoms. The Labute approximate surface area is 160 Å². The number of carboxylic acids is 1. The summed E-state index contributed by atoms with van der Waals surface area (Å²) in [6, 6.07) is 5.92. The molecule has 3 rings (SSSR count). The number of carboxylic acid groups (broad SMARTS) is 1. The second kappa shape index (κ2) is 7.52. The van der Waals surface area contributed by atoms with Crippen LogP contribution in [0.25, 0.3) is 0 Å². The van der Waals surface area contributed by atoms with Crippen LogP contribution in [0.5, 0.6) is 0 Å². The summed E-state index contributed by atoms with van der Waals surface area (Å²) in [7, 11) is 0. The molecule has 0 unspecified atom stereocenters. The van der Waals surface area contributed by atoms with Gasteiger partial charge in [-0.15, -0.1) is 0 Å². The minimum absolute atomic E-state index is 0.00702. The van der Waals surface area contributed by atoms with Crippen molar-refractivity contribution in [3.05, 3.63) is 64.2 Å². The molecule has 1 aromatic carbocycles. The number of nitrogens with zero attached hydrogens (tertiary/aromatic N) is 2. The van der Waals surface area contributed by atoms with Gasteiger partial charge in [-0.2, -0.15) is 5.10 Å². The summed E-state index contributed by atoms with van der Waals surface area (Å²) in [5.41, 5.74) is 0.425. The summed E-state index contributed by atoms with van der Waals surface area (Å²) >= 11 is 6.34. The quantitative estimate of drug-likeness (QED) is 0.741. The number of aliphatic carboxylic acids is 1. The Morgan fingerprint density at radius 3 is 2.52 bits per heavy atom. The molecule has 0 radical (unpaired) electrons. The van der Waals surface area contributed by atoms with Gasteiger partial charge in [0.25, 0.3) is 5.91 Å². The first-order valence-electron chi connectivity index (χ1n) is 8.46. The van der Waals surface area contributed by atoms with Crippen molar-refractivity contribution in [2.24, 2.45) is 5.41 Å². The Bertz CT molecular complexity index is 898. The molecule has 1 aliphatic rings. The van der Waals surface area contributed by atoms with Crippen molar-refractivity contribution in [3.63, 3.8) is 0 Å². The summed E-state index contributed by atoms with van der Waals surface area (Å²) in [5, 5.41) is 16.6. The number of aromatic nitrogens is 2. The van der Waals surface area contributed by atoms with E-state index >= 15 is 0 Å². The van der Waals surface area contributed by atoms with Crippen molar-refractivity contribution in [2.45, 2.75) is 26.3 Å². The lowest BCUT2D eigenvalue weighted by Gasteiger charge is -2.24. The minimum Gasteiger partial charge on any atom is -0.481 e. The molecule has 27 heavy (non-hydrogen) atoms. The molecule has 1 heterocycles. The number of amides is 1. The maximum absolute atomic E-state index is 13.0. The summed E-state index contributed by atoms with van der Waals surface area (Å²) in [6.45, 7) is 1.95. The summed E-state index contributed by atoms with van der Waals surface area (Å²) < 4.78 is 14.5. The lowest BCUT2D eigenvalue weighted by molar-refractivity contribution is -0.147. The highest BCUT2D eigenvalue weighted by Crippen LogP contribution is 2.33. The van der Waals surface area contributed by atoms with Gasteiger partial charge in [-0.3, -0.25) is 9.59 Å². The topological polar surface area (TPSA) is 84.2 Å². The maximum Gasteiger partial charge on any atom is 0.312 e. The molecule has 0 aliphatic heterocycles. The van der Waals surface area contributed by atoms with Gasteiger partial charge in [0.15, 0.2) is 0 Å². The van der Waals surface area contributed by atoms with E-state index in [1.807, 2.05) is 0 Å². The van der Waals surface area contributed by atoms with Crippen LogP contribution in [0.1, 0.15) is 34.5 Å². The first kappa shape index (κ1) is 19.1. The summed E-state index contributed by atoms with van der Waals surface area (Å²) in [6.07, 6.45) is 4.36. The van der Waals surface area contributed by atoms with Gasteiger partial charge in [0.1, 0.15) is 11.0 Å². The Kier molecular flexibility index (Phi) is 5.32. The predicted octanol–water partition coefficient (Wildman–Crippen LogP) is 3.18. The molecule has 0 saturated heterocycles. The Hall–Kier alpha value is -2.67. The van der Waals surface area contributed by atoms with E-state index in [0.717, 1.165) is 5.56 Å². The number of halogens is 2. The van der Waals surface area contributed by atoms with E-state index in [0.29, 0.717) is 18.5 Å². The molecule has 1 aliphatic carbocycles. The minimum atomic E-state index is -1.01. The monoisotopic (exact) mass is 391 g/mol. The van der Waals surface area contributed by atoms with Crippen LogP contribution in [0, 0.1) is 18.2 Å². The molecule has 0 fully saturated rings. The van der Waals surface area contributed by atoms with Crippen molar-refractivity contribution >= 4 is 23.5 Å². The SMILES string of the molecule is Cc1nn(Cc2ccc(F)cc2)c(Cl)c1C(=O)NCC1(C(=O)O)CC=CC1.